The summed E-state index contributed by atoms with van der Waals surface area (Å²) in [5.74, 6) is 2.55. The molecular formula is C26H30N2O4. The predicted molar refractivity (Wildman–Crippen MR) is 124 cm³/mol. The van der Waals surface area contributed by atoms with Crippen LogP contribution in [0.2, 0.25) is 0 Å². The quantitative estimate of drug-likeness (QED) is 0.543. The Morgan fingerprint density at radius 1 is 1.06 bits per heavy atom. The number of piperidine rings is 1. The fraction of sp³-hybridized carbons (Fsp3) is 0.346. The number of carbonyl (C=O) groups excluding carboxylic acids is 1. The van der Waals surface area contributed by atoms with Gasteiger partial charge < -0.3 is 19.2 Å². The molecule has 0 spiro atoms. The van der Waals surface area contributed by atoms with Crippen molar-refractivity contribution in [2.45, 2.75) is 26.0 Å². The van der Waals surface area contributed by atoms with Gasteiger partial charge in [-0.2, -0.15) is 0 Å². The van der Waals surface area contributed by atoms with Gasteiger partial charge in [-0.05, 0) is 55.3 Å². The molecule has 1 saturated heterocycles. The molecule has 1 aliphatic heterocycles. The third-order valence-corrected chi connectivity index (χ3v) is 5.85. The second kappa shape index (κ2) is 10.5. The van der Waals surface area contributed by atoms with Gasteiger partial charge in [0.2, 0.25) is 5.91 Å². The summed E-state index contributed by atoms with van der Waals surface area (Å²) in [5, 5.41) is 3.18. The van der Waals surface area contributed by atoms with E-state index in [1.165, 1.54) is 0 Å². The summed E-state index contributed by atoms with van der Waals surface area (Å²) in [5.41, 5.74) is 2.86. The first-order valence-corrected chi connectivity index (χ1v) is 11.0. The number of para-hydroxylation sites is 1. The summed E-state index contributed by atoms with van der Waals surface area (Å²) in [6.45, 7) is 2.86. The van der Waals surface area contributed by atoms with E-state index in [1.807, 2.05) is 60.7 Å². The Labute approximate surface area is 189 Å². The number of likely N-dealkylation sites (tertiary alicyclic amines) is 1. The minimum atomic E-state index is -0.0546. The number of hydrogen-bond acceptors (Lipinski definition) is 5. The Morgan fingerprint density at radius 2 is 1.84 bits per heavy atom. The standard InChI is InChI=1S/C26H30N2O4/c1-30-18-23-14-13-22(32-23)17-28-15-5-6-20(16-28)26(29)27-25-8-4-3-7-24(25)19-9-11-21(31-2)12-10-19/h3-4,7-14,20H,5-6,15-18H2,1-2H3,(H,27,29)/t20-/m1/s1. The molecule has 1 aliphatic rings. The molecule has 168 valence electrons. The fourth-order valence-electron chi connectivity index (χ4n) is 4.21. The van der Waals surface area contributed by atoms with E-state index < -0.39 is 0 Å². The van der Waals surface area contributed by atoms with Crippen LogP contribution in [0.3, 0.4) is 0 Å². The lowest BCUT2D eigenvalue weighted by Crippen LogP contribution is -2.40. The molecule has 2 heterocycles. The smallest absolute Gasteiger partial charge is 0.228 e. The van der Waals surface area contributed by atoms with Crippen LogP contribution in [0.15, 0.2) is 65.1 Å². The highest BCUT2D eigenvalue weighted by Crippen LogP contribution is 2.30. The van der Waals surface area contributed by atoms with Gasteiger partial charge in [0.25, 0.3) is 0 Å². The molecule has 1 amide bonds. The van der Waals surface area contributed by atoms with Crippen molar-refractivity contribution >= 4 is 11.6 Å². The van der Waals surface area contributed by atoms with E-state index in [4.69, 9.17) is 13.9 Å². The maximum atomic E-state index is 13.1. The number of amides is 1. The molecule has 0 aliphatic carbocycles. The minimum absolute atomic E-state index is 0.0546. The topological polar surface area (TPSA) is 63.9 Å². The molecule has 1 aromatic heterocycles. The van der Waals surface area contributed by atoms with Crippen LogP contribution in [-0.2, 0) is 22.7 Å². The van der Waals surface area contributed by atoms with E-state index in [0.29, 0.717) is 13.2 Å². The van der Waals surface area contributed by atoms with E-state index >= 15 is 0 Å². The highest BCUT2D eigenvalue weighted by molar-refractivity contribution is 5.97. The van der Waals surface area contributed by atoms with Crippen LogP contribution >= 0.6 is 0 Å². The summed E-state index contributed by atoms with van der Waals surface area (Å²) in [7, 11) is 3.31. The van der Waals surface area contributed by atoms with Crippen molar-refractivity contribution in [3.8, 4) is 16.9 Å². The van der Waals surface area contributed by atoms with E-state index in [9.17, 15) is 4.79 Å². The molecule has 6 heteroatoms. The molecule has 0 unspecified atom stereocenters. The lowest BCUT2D eigenvalue weighted by atomic mass is 9.96. The first-order valence-electron chi connectivity index (χ1n) is 11.0. The van der Waals surface area contributed by atoms with Crippen molar-refractivity contribution in [3.05, 3.63) is 72.2 Å². The van der Waals surface area contributed by atoms with Crippen LogP contribution in [0.5, 0.6) is 5.75 Å². The summed E-state index contributed by atoms with van der Waals surface area (Å²) in [6.07, 6.45) is 1.88. The van der Waals surface area contributed by atoms with Gasteiger partial charge in [-0.15, -0.1) is 0 Å². The van der Waals surface area contributed by atoms with Gasteiger partial charge in [-0.25, -0.2) is 0 Å². The second-order valence-corrected chi connectivity index (χ2v) is 8.14. The van der Waals surface area contributed by atoms with Gasteiger partial charge in [0, 0.05) is 24.9 Å². The van der Waals surface area contributed by atoms with Crippen LogP contribution < -0.4 is 10.1 Å². The van der Waals surface area contributed by atoms with E-state index in [-0.39, 0.29) is 11.8 Å². The maximum Gasteiger partial charge on any atom is 0.228 e. The number of nitrogens with zero attached hydrogens (tertiary/aromatic N) is 1. The molecular weight excluding hydrogens is 404 g/mol. The molecule has 4 rings (SSSR count). The number of furan rings is 1. The molecule has 2 aromatic carbocycles. The number of methoxy groups -OCH3 is 2. The zero-order valence-electron chi connectivity index (χ0n) is 18.7. The predicted octanol–water partition coefficient (Wildman–Crippen LogP) is 4.95. The molecule has 1 N–H and O–H groups in total. The fourth-order valence-corrected chi connectivity index (χ4v) is 4.21. The molecule has 3 aromatic rings. The van der Waals surface area contributed by atoms with Gasteiger partial charge in [-0.3, -0.25) is 9.69 Å². The van der Waals surface area contributed by atoms with Crippen LogP contribution in [0, 0.1) is 5.92 Å². The lowest BCUT2D eigenvalue weighted by molar-refractivity contribution is -0.121. The molecule has 0 radical (unpaired) electrons. The van der Waals surface area contributed by atoms with Crippen LogP contribution in [0.4, 0.5) is 5.69 Å². The largest absolute Gasteiger partial charge is 0.497 e. The summed E-state index contributed by atoms with van der Waals surface area (Å²) in [6, 6.07) is 19.7. The van der Waals surface area contributed by atoms with Gasteiger partial charge in [0.05, 0.1) is 19.6 Å². The minimum Gasteiger partial charge on any atom is -0.497 e. The van der Waals surface area contributed by atoms with E-state index in [1.54, 1.807) is 14.2 Å². The van der Waals surface area contributed by atoms with Crippen LogP contribution in [0.25, 0.3) is 11.1 Å². The van der Waals surface area contributed by atoms with Gasteiger partial charge >= 0.3 is 0 Å². The molecule has 0 bridgehead atoms. The molecule has 6 nitrogen and oxygen atoms in total. The molecule has 32 heavy (non-hydrogen) atoms. The van der Waals surface area contributed by atoms with Gasteiger partial charge in [0.15, 0.2) is 0 Å². The van der Waals surface area contributed by atoms with Gasteiger partial charge in [-0.1, -0.05) is 30.3 Å². The third-order valence-electron chi connectivity index (χ3n) is 5.85. The van der Waals surface area contributed by atoms with Crippen molar-refractivity contribution in [2.24, 2.45) is 5.92 Å². The summed E-state index contributed by atoms with van der Waals surface area (Å²) >= 11 is 0. The number of anilines is 1. The summed E-state index contributed by atoms with van der Waals surface area (Å²) < 4.78 is 16.2. The number of carbonyl (C=O) groups is 1. The Bertz CT molecular complexity index is 1030. The Morgan fingerprint density at radius 3 is 2.62 bits per heavy atom. The number of nitrogens with one attached hydrogen (secondary N) is 1. The maximum absolute atomic E-state index is 13.1. The lowest BCUT2D eigenvalue weighted by Gasteiger charge is -2.31. The second-order valence-electron chi connectivity index (χ2n) is 8.14. The monoisotopic (exact) mass is 434 g/mol. The SMILES string of the molecule is COCc1ccc(CN2CCC[C@@H](C(=O)Nc3ccccc3-c3ccc(OC)cc3)C2)o1. The first-order chi connectivity index (χ1) is 15.7. The van der Waals surface area contributed by atoms with Crippen LogP contribution in [-0.4, -0.2) is 38.1 Å². The number of ether oxygens (including phenoxy) is 2. The normalized spacial score (nSPS) is 16.6. The first kappa shape index (κ1) is 22.1. The summed E-state index contributed by atoms with van der Waals surface area (Å²) in [4.78, 5) is 15.4. The highest BCUT2D eigenvalue weighted by Gasteiger charge is 2.27. The van der Waals surface area contributed by atoms with Crippen LogP contribution in [0.1, 0.15) is 24.4 Å². The highest BCUT2D eigenvalue weighted by atomic mass is 16.5. The Hall–Kier alpha value is -3.09. The third kappa shape index (κ3) is 5.39. The number of rotatable bonds is 8. The van der Waals surface area contributed by atoms with Crippen molar-refractivity contribution in [1.82, 2.24) is 4.90 Å². The Balaban J connectivity index is 1.41. The molecule has 0 saturated carbocycles. The number of hydrogen-bond donors (Lipinski definition) is 1. The van der Waals surface area contributed by atoms with Crippen molar-refractivity contribution < 1.29 is 18.7 Å². The van der Waals surface area contributed by atoms with Crippen molar-refractivity contribution in [1.29, 1.82) is 0 Å². The van der Waals surface area contributed by atoms with Crippen molar-refractivity contribution in [3.63, 3.8) is 0 Å². The van der Waals surface area contributed by atoms with E-state index in [0.717, 1.165) is 60.0 Å². The average molecular weight is 435 g/mol. The number of benzene rings is 2. The molecule has 1 atom stereocenters. The zero-order chi connectivity index (χ0) is 22.3. The Kier molecular flexibility index (Phi) is 7.24. The van der Waals surface area contributed by atoms with E-state index in [2.05, 4.69) is 10.2 Å². The average Bonchev–Trinajstić information content (AvgIpc) is 3.26. The molecule has 1 fully saturated rings. The zero-order valence-corrected chi connectivity index (χ0v) is 18.7. The van der Waals surface area contributed by atoms with Crippen molar-refractivity contribution in [2.75, 3.05) is 32.6 Å². The van der Waals surface area contributed by atoms with Gasteiger partial charge in [0.1, 0.15) is 23.9 Å².